The summed E-state index contributed by atoms with van der Waals surface area (Å²) >= 11 is 5.16. The zero-order valence-corrected chi connectivity index (χ0v) is 10.7. The molecule has 2 rings (SSSR count). The molecule has 2 aromatic heterocycles. The van der Waals surface area contributed by atoms with Crippen LogP contribution in [-0.4, -0.2) is 10.2 Å². The highest BCUT2D eigenvalue weighted by molar-refractivity contribution is 9.09. The Morgan fingerprint density at radius 1 is 1.53 bits per heavy atom. The molecule has 0 N–H and O–H groups in total. The van der Waals surface area contributed by atoms with Crippen molar-refractivity contribution >= 4 is 27.3 Å². The van der Waals surface area contributed by atoms with Crippen molar-refractivity contribution in [3.63, 3.8) is 0 Å². The molecular formula is C10H11BrN2OS. The summed E-state index contributed by atoms with van der Waals surface area (Å²) in [6.45, 7) is 2.07. The van der Waals surface area contributed by atoms with E-state index in [0.29, 0.717) is 11.8 Å². The van der Waals surface area contributed by atoms with Gasteiger partial charge in [0.2, 0.25) is 11.8 Å². The SMILES string of the molecule is CCC(Br)c1nnc(Cc2ccsc2)o1. The molecule has 0 saturated carbocycles. The number of halogens is 1. The van der Waals surface area contributed by atoms with E-state index in [-0.39, 0.29) is 4.83 Å². The molecule has 2 heterocycles. The van der Waals surface area contributed by atoms with Gasteiger partial charge in [-0.3, -0.25) is 0 Å². The molecule has 1 atom stereocenters. The Kier molecular flexibility index (Phi) is 3.53. The number of hydrogen-bond acceptors (Lipinski definition) is 4. The lowest BCUT2D eigenvalue weighted by atomic mass is 10.2. The summed E-state index contributed by atoms with van der Waals surface area (Å²) in [4.78, 5) is 0.168. The summed E-state index contributed by atoms with van der Waals surface area (Å²) in [5.74, 6) is 1.35. The first-order valence-electron chi connectivity index (χ1n) is 4.77. The van der Waals surface area contributed by atoms with Gasteiger partial charge in [0.25, 0.3) is 0 Å². The largest absolute Gasteiger partial charge is 0.424 e. The fourth-order valence-corrected chi connectivity index (χ4v) is 2.06. The standard InChI is InChI=1S/C10H11BrN2OS/c1-2-8(11)10-13-12-9(14-10)5-7-3-4-15-6-7/h3-4,6,8H,2,5H2,1H3. The normalized spacial score (nSPS) is 12.9. The minimum absolute atomic E-state index is 0.168. The number of rotatable bonds is 4. The average Bonchev–Trinajstić information content (AvgIpc) is 2.88. The van der Waals surface area contributed by atoms with Crippen LogP contribution in [-0.2, 0) is 6.42 Å². The molecule has 1 unspecified atom stereocenters. The van der Waals surface area contributed by atoms with E-state index >= 15 is 0 Å². The monoisotopic (exact) mass is 286 g/mol. The minimum atomic E-state index is 0.168. The Balaban J connectivity index is 2.07. The van der Waals surface area contributed by atoms with Crippen molar-refractivity contribution in [1.82, 2.24) is 10.2 Å². The molecule has 0 aliphatic rings. The summed E-state index contributed by atoms with van der Waals surface area (Å²) in [5, 5.41) is 12.2. The second-order valence-electron chi connectivity index (χ2n) is 3.22. The number of aromatic nitrogens is 2. The number of thiophene rings is 1. The highest BCUT2D eigenvalue weighted by Crippen LogP contribution is 2.25. The Morgan fingerprint density at radius 3 is 3.07 bits per heavy atom. The fourth-order valence-electron chi connectivity index (χ4n) is 1.21. The van der Waals surface area contributed by atoms with Crippen molar-refractivity contribution in [3.05, 3.63) is 34.2 Å². The van der Waals surface area contributed by atoms with Crippen molar-refractivity contribution in [1.29, 1.82) is 0 Å². The predicted molar refractivity (Wildman–Crippen MR) is 63.4 cm³/mol. The average molecular weight is 287 g/mol. The van der Waals surface area contributed by atoms with E-state index in [1.54, 1.807) is 11.3 Å². The van der Waals surface area contributed by atoms with E-state index in [2.05, 4.69) is 44.5 Å². The molecule has 80 valence electrons. The zero-order valence-electron chi connectivity index (χ0n) is 8.31. The van der Waals surface area contributed by atoms with Crippen LogP contribution in [0.5, 0.6) is 0 Å². The maximum atomic E-state index is 5.55. The lowest BCUT2D eigenvalue weighted by Gasteiger charge is -1.97. The van der Waals surface area contributed by atoms with E-state index < -0.39 is 0 Å². The van der Waals surface area contributed by atoms with Crippen molar-refractivity contribution < 1.29 is 4.42 Å². The van der Waals surface area contributed by atoms with Gasteiger partial charge in [0.05, 0.1) is 11.2 Å². The van der Waals surface area contributed by atoms with Crippen LogP contribution in [0.15, 0.2) is 21.2 Å². The molecule has 0 aliphatic carbocycles. The van der Waals surface area contributed by atoms with Gasteiger partial charge in [-0.05, 0) is 28.8 Å². The summed E-state index contributed by atoms with van der Waals surface area (Å²) < 4.78 is 5.55. The van der Waals surface area contributed by atoms with Gasteiger partial charge < -0.3 is 4.42 Å². The lowest BCUT2D eigenvalue weighted by molar-refractivity contribution is 0.454. The summed E-state index contributed by atoms with van der Waals surface area (Å²) in [5.41, 5.74) is 1.22. The molecule has 0 spiro atoms. The maximum absolute atomic E-state index is 5.55. The molecule has 0 fully saturated rings. The molecule has 0 radical (unpaired) electrons. The van der Waals surface area contributed by atoms with Gasteiger partial charge in [0.1, 0.15) is 0 Å². The first kappa shape index (κ1) is 10.8. The van der Waals surface area contributed by atoms with Crippen LogP contribution < -0.4 is 0 Å². The second-order valence-corrected chi connectivity index (χ2v) is 5.10. The molecule has 0 aromatic carbocycles. The van der Waals surface area contributed by atoms with Gasteiger partial charge in [0.15, 0.2) is 0 Å². The molecule has 15 heavy (non-hydrogen) atoms. The van der Waals surface area contributed by atoms with Crippen LogP contribution >= 0.6 is 27.3 Å². The summed E-state index contributed by atoms with van der Waals surface area (Å²) in [7, 11) is 0. The minimum Gasteiger partial charge on any atom is -0.424 e. The Hall–Kier alpha value is -0.680. The van der Waals surface area contributed by atoms with Gasteiger partial charge in [-0.1, -0.05) is 22.9 Å². The van der Waals surface area contributed by atoms with Crippen LogP contribution in [0.3, 0.4) is 0 Å². The fraction of sp³-hybridized carbons (Fsp3) is 0.400. The van der Waals surface area contributed by atoms with Gasteiger partial charge >= 0.3 is 0 Å². The Bertz CT molecular complexity index is 413. The van der Waals surface area contributed by atoms with Crippen LogP contribution in [0, 0.1) is 0 Å². The van der Waals surface area contributed by atoms with Crippen molar-refractivity contribution in [2.75, 3.05) is 0 Å². The Morgan fingerprint density at radius 2 is 2.40 bits per heavy atom. The lowest BCUT2D eigenvalue weighted by Crippen LogP contribution is -1.86. The van der Waals surface area contributed by atoms with Crippen LogP contribution in [0.25, 0.3) is 0 Å². The molecule has 2 aromatic rings. The van der Waals surface area contributed by atoms with Gasteiger partial charge in [-0.15, -0.1) is 10.2 Å². The molecule has 0 bridgehead atoms. The van der Waals surface area contributed by atoms with Crippen LogP contribution in [0.4, 0.5) is 0 Å². The van der Waals surface area contributed by atoms with Gasteiger partial charge in [-0.2, -0.15) is 11.3 Å². The molecular weight excluding hydrogens is 276 g/mol. The topological polar surface area (TPSA) is 38.9 Å². The Labute approximate surface area is 101 Å². The molecule has 0 saturated heterocycles. The summed E-state index contributed by atoms with van der Waals surface area (Å²) in [6.07, 6.45) is 1.67. The van der Waals surface area contributed by atoms with E-state index in [1.165, 1.54) is 5.56 Å². The van der Waals surface area contributed by atoms with Crippen molar-refractivity contribution in [3.8, 4) is 0 Å². The van der Waals surface area contributed by atoms with Gasteiger partial charge in [-0.25, -0.2) is 0 Å². The van der Waals surface area contributed by atoms with Crippen molar-refractivity contribution in [2.24, 2.45) is 0 Å². The first-order valence-corrected chi connectivity index (χ1v) is 6.63. The number of alkyl halides is 1. The van der Waals surface area contributed by atoms with E-state index in [9.17, 15) is 0 Å². The number of nitrogens with zero attached hydrogens (tertiary/aromatic N) is 2. The zero-order chi connectivity index (χ0) is 10.7. The quantitative estimate of drug-likeness (QED) is 0.807. The summed E-state index contributed by atoms with van der Waals surface area (Å²) in [6, 6.07) is 2.07. The van der Waals surface area contributed by atoms with E-state index in [4.69, 9.17) is 4.42 Å². The number of hydrogen-bond donors (Lipinski definition) is 0. The molecule has 0 aliphatic heterocycles. The second kappa shape index (κ2) is 4.90. The highest BCUT2D eigenvalue weighted by Gasteiger charge is 2.13. The molecule has 3 nitrogen and oxygen atoms in total. The highest BCUT2D eigenvalue weighted by atomic mass is 79.9. The molecule has 0 amide bonds. The van der Waals surface area contributed by atoms with E-state index in [0.717, 1.165) is 12.8 Å². The van der Waals surface area contributed by atoms with Gasteiger partial charge in [0, 0.05) is 0 Å². The third-order valence-corrected chi connectivity index (χ3v) is 3.82. The van der Waals surface area contributed by atoms with Crippen LogP contribution in [0.1, 0.15) is 35.5 Å². The van der Waals surface area contributed by atoms with E-state index in [1.807, 2.05) is 5.38 Å². The maximum Gasteiger partial charge on any atom is 0.230 e. The predicted octanol–water partition coefficient (Wildman–Crippen LogP) is 3.57. The van der Waals surface area contributed by atoms with Crippen LogP contribution in [0.2, 0.25) is 0 Å². The third-order valence-electron chi connectivity index (χ3n) is 2.04. The van der Waals surface area contributed by atoms with Crippen molar-refractivity contribution in [2.45, 2.75) is 24.6 Å². The molecule has 5 heteroatoms. The third kappa shape index (κ3) is 2.66. The first-order chi connectivity index (χ1) is 7.29. The smallest absolute Gasteiger partial charge is 0.230 e.